The van der Waals surface area contributed by atoms with Crippen molar-refractivity contribution in [2.75, 3.05) is 6.61 Å². The Morgan fingerprint density at radius 1 is 0.432 bits per heavy atom. The van der Waals surface area contributed by atoms with E-state index in [1.807, 2.05) is 121 Å². The van der Waals surface area contributed by atoms with Crippen molar-refractivity contribution < 1.29 is 28.8 Å². The molecule has 0 bridgehead atoms. The van der Waals surface area contributed by atoms with E-state index in [9.17, 15) is 5.11 Å². The summed E-state index contributed by atoms with van der Waals surface area (Å²) in [7, 11) is 0. The summed E-state index contributed by atoms with van der Waals surface area (Å²) >= 11 is 0. The summed E-state index contributed by atoms with van der Waals surface area (Å²) in [6.45, 7) is 3.96. The van der Waals surface area contributed by atoms with Gasteiger partial charge in [-0.1, -0.05) is 135 Å². The Balaban J connectivity index is 1.48. The lowest BCUT2D eigenvalue weighted by atomic mass is 9.83. The Labute approximate surface area is 261 Å². The molecule has 0 heterocycles. The van der Waals surface area contributed by atoms with Gasteiger partial charge in [-0.15, -0.1) is 0 Å². The number of hydrogen-bond donors (Lipinski definition) is 1. The molecule has 4 aromatic carbocycles. The third-order valence-corrected chi connectivity index (χ3v) is 7.92. The molecule has 5 rings (SSSR count). The Morgan fingerprint density at radius 3 is 1.07 bits per heavy atom. The first-order valence-electron chi connectivity index (χ1n) is 15.6. The van der Waals surface area contributed by atoms with Gasteiger partial charge in [0, 0.05) is 6.61 Å². The molecule has 6 nitrogen and oxygen atoms in total. The maximum atomic E-state index is 12.0. The number of unbranched alkanes of at least 4 members (excludes halogenated alkanes) is 1. The van der Waals surface area contributed by atoms with Gasteiger partial charge in [0.05, 0.1) is 26.4 Å². The molecule has 1 saturated carbocycles. The van der Waals surface area contributed by atoms with Crippen molar-refractivity contribution in [3.8, 4) is 0 Å². The zero-order valence-corrected chi connectivity index (χ0v) is 25.4. The van der Waals surface area contributed by atoms with Gasteiger partial charge in [0.25, 0.3) is 0 Å². The predicted molar refractivity (Wildman–Crippen MR) is 171 cm³/mol. The summed E-state index contributed by atoms with van der Waals surface area (Å²) < 4.78 is 32.9. The van der Waals surface area contributed by atoms with E-state index in [2.05, 4.69) is 6.92 Å². The summed E-state index contributed by atoms with van der Waals surface area (Å²) in [6, 6.07) is 40.1. The first kappa shape index (κ1) is 32.0. The minimum absolute atomic E-state index is 0.316. The van der Waals surface area contributed by atoms with Crippen LogP contribution in [0.15, 0.2) is 121 Å². The third-order valence-electron chi connectivity index (χ3n) is 7.92. The first-order chi connectivity index (χ1) is 21.7. The molecule has 0 aliphatic heterocycles. The third kappa shape index (κ3) is 9.08. The largest absolute Gasteiger partial charge is 0.387 e. The standard InChI is InChI=1S/C38H44O6/c1-2-3-24-40-34-33(39)35(41-25-29-16-8-4-9-17-29)37(43-27-31-20-12-6-13-21-31)38(44-28-32-22-14-7-15-23-32)36(34)42-26-30-18-10-5-11-19-30/h4-23,33-39H,2-3,24-28H2,1H3/t33-,34+,35+,36+,37-,38-/m0/s1. The quantitative estimate of drug-likeness (QED) is 0.142. The van der Waals surface area contributed by atoms with Gasteiger partial charge in [-0.25, -0.2) is 0 Å². The number of benzene rings is 4. The smallest absolute Gasteiger partial charge is 0.116 e. The van der Waals surface area contributed by atoms with Crippen LogP contribution in [0.3, 0.4) is 0 Å². The van der Waals surface area contributed by atoms with E-state index in [0.717, 1.165) is 35.1 Å². The summed E-state index contributed by atoms with van der Waals surface area (Å²) in [5.74, 6) is 0. The second-order valence-corrected chi connectivity index (χ2v) is 11.2. The SMILES string of the molecule is CCCCO[C@@H]1[C@H](O)[C@@H](OCc2ccccc2)[C@H](OCc2ccccc2)[C@@H](OCc2ccccc2)[C@@H]1OCc1ccccc1. The van der Waals surface area contributed by atoms with E-state index < -0.39 is 36.6 Å². The van der Waals surface area contributed by atoms with E-state index in [1.165, 1.54) is 0 Å². The number of aliphatic hydroxyl groups excluding tert-OH is 1. The average molecular weight is 597 g/mol. The van der Waals surface area contributed by atoms with E-state index in [4.69, 9.17) is 23.7 Å². The van der Waals surface area contributed by atoms with Gasteiger partial charge < -0.3 is 28.8 Å². The van der Waals surface area contributed by atoms with Gasteiger partial charge in [-0.05, 0) is 28.7 Å². The molecule has 0 saturated heterocycles. The van der Waals surface area contributed by atoms with Gasteiger partial charge in [0.15, 0.2) is 0 Å². The highest BCUT2D eigenvalue weighted by Crippen LogP contribution is 2.34. The van der Waals surface area contributed by atoms with Crippen LogP contribution in [0.4, 0.5) is 0 Å². The summed E-state index contributed by atoms with van der Waals surface area (Å²) in [5.41, 5.74) is 4.09. The molecule has 0 radical (unpaired) electrons. The molecule has 0 aromatic heterocycles. The Hall–Kier alpha value is -3.36. The van der Waals surface area contributed by atoms with Gasteiger partial charge in [0.1, 0.15) is 36.6 Å². The Bertz CT molecular complexity index is 1320. The van der Waals surface area contributed by atoms with E-state index in [0.29, 0.717) is 33.0 Å². The monoisotopic (exact) mass is 596 g/mol. The molecule has 44 heavy (non-hydrogen) atoms. The molecule has 1 N–H and O–H groups in total. The maximum Gasteiger partial charge on any atom is 0.116 e. The van der Waals surface area contributed by atoms with Crippen molar-refractivity contribution in [3.63, 3.8) is 0 Å². The van der Waals surface area contributed by atoms with Crippen molar-refractivity contribution in [1.82, 2.24) is 0 Å². The number of hydrogen-bond acceptors (Lipinski definition) is 6. The van der Waals surface area contributed by atoms with Gasteiger partial charge in [-0.3, -0.25) is 0 Å². The van der Waals surface area contributed by atoms with Gasteiger partial charge in [-0.2, -0.15) is 0 Å². The molecule has 4 aromatic rings. The minimum atomic E-state index is -1.01. The minimum Gasteiger partial charge on any atom is -0.387 e. The zero-order chi connectivity index (χ0) is 30.4. The van der Waals surface area contributed by atoms with Crippen LogP contribution in [0, 0.1) is 0 Å². The number of aliphatic hydroxyl groups is 1. The molecule has 6 heteroatoms. The maximum absolute atomic E-state index is 12.0. The average Bonchev–Trinajstić information content (AvgIpc) is 3.08. The van der Waals surface area contributed by atoms with Crippen molar-refractivity contribution >= 4 is 0 Å². The second kappa shape index (κ2) is 17.2. The van der Waals surface area contributed by atoms with Crippen LogP contribution in [0.25, 0.3) is 0 Å². The number of ether oxygens (including phenoxy) is 5. The molecule has 6 atom stereocenters. The highest BCUT2D eigenvalue weighted by Gasteiger charge is 2.54. The van der Waals surface area contributed by atoms with Crippen LogP contribution in [-0.4, -0.2) is 48.3 Å². The lowest BCUT2D eigenvalue weighted by Crippen LogP contribution is -2.66. The van der Waals surface area contributed by atoms with E-state index >= 15 is 0 Å². The Morgan fingerprint density at radius 2 is 0.727 bits per heavy atom. The van der Waals surface area contributed by atoms with Crippen LogP contribution in [0.5, 0.6) is 0 Å². The van der Waals surface area contributed by atoms with Crippen LogP contribution >= 0.6 is 0 Å². The summed E-state index contributed by atoms with van der Waals surface area (Å²) in [4.78, 5) is 0. The van der Waals surface area contributed by atoms with Crippen LogP contribution < -0.4 is 0 Å². The van der Waals surface area contributed by atoms with Crippen LogP contribution in [-0.2, 0) is 50.1 Å². The highest BCUT2D eigenvalue weighted by molar-refractivity contribution is 5.17. The fourth-order valence-electron chi connectivity index (χ4n) is 5.52. The van der Waals surface area contributed by atoms with Gasteiger partial charge >= 0.3 is 0 Å². The summed E-state index contributed by atoms with van der Waals surface area (Å²) in [5, 5.41) is 12.0. The molecule has 1 fully saturated rings. The topological polar surface area (TPSA) is 66.4 Å². The van der Waals surface area contributed by atoms with E-state index in [-0.39, 0.29) is 0 Å². The zero-order valence-electron chi connectivity index (χ0n) is 25.4. The van der Waals surface area contributed by atoms with Crippen molar-refractivity contribution in [3.05, 3.63) is 144 Å². The molecule has 232 valence electrons. The van der Waals surface area contributed by atoms with E-state index in [1.54, 1.807) is 0 Å². The number of rotatable bonds is 16. The first-order valence-corrected chi connectivity index (χ1v) is 15.6. The molecular weight excluding hydrogens is 552 g/mol. The normalized spacial score (nSPS) is 23.4. The lowest BCUT2D eigenvalue weighted by Gasteiger charge is -2.48. The van der Waals surface area contributed by atoms with Gasteiger partial charge in [0.2, 0.25) is 0 Å². The fraction of sp³-hybridized carbons (Fsp3) is 0.368. The Kier molecular flexibility index (Phi) is 12.5. The molecule has 1 aliphatic carbocycles. The second-order valence-electron chi connectivity index (χ2n) is 11.2. The molecule has 1 aliphatic rings. The van der Waals surface area contributed by atoms with Crippen LogP contribution in [0.2, 0.25) is 0 Å². The van der Waals surface area contributed by atoms with Crippen molar-refractivity contribution in [1.29, 1.82) is 0 Å². The summed E-state index contributed by atoms with van der Waals surface area (Å²) in [6.07, 6.45) is -2.39. The highest BCUT2D eigenvalue weighted by atomic mass is 16.6. The van der Waals surface area contributed by atoms with Crippen LogP contribution in [0.1, 0.15) is 42.0 Å². The molecule has 0 amide bonds. The molecule has 0 unspecified atom stereocenters. The lowest BCUT2D eigenvalue weighted by molar-refractivity contribution is -0.281. The predicted octanol–water partition coefficient (Wildman–Crippen LogP) is 6.89. The van der Waals surface area contributed by atoms with Crippen molar-refractivity contribution in [2.24, 2.45) is 0 Å². The molecular formula is C38H44O6. The molecule has 0 spiro atoms. The fourth-order valence-corrected chi connectivity index (χ4v) is 5.52. The van der Waals surface area contributed by atoms with Crippen molar-refractivity contribution in [2.45, 2.75) is 82.8 Å².